The van der Waals surface area contributed by atoms with Crippen molar-refractivity contribution >= 4 is 6.09 Å². The number of ether oxygens (including phenoxy) is 2. The van der Waals surface area contributed by atoms with Crippen molar-refractivity contribution in [3.05, 3.63) is 29.8 Å². The van der Waals surface area contributed by atoms with Crippen LogP contribution in [0.1, 0.15) is 37.7 Å². The summed E-state index contributed by atoms with van der Waals surface area (Å²) in [6.07, 6.45) is 6.46. The van der Waals surface area contributed by atoms with Crippen LogP contribution in [0.5, 0.6) is 5.75 Å². The Morgan fingerprint density at radius 3 is 2.57 bits per heavy atom. The van der Waals surface area contributed by atoms with E-state index in [1.165, 1.54) is 32.1 Å². The fourth-order valence-corrected chi connectivity index (χ4v) is 3.05. The minimum Gasteiger partial charge on any atom is -0.493 e. The van der Waals surface area contributed by atoms with Gasteiger partial charge in [-0.25, -0.2) is 4.79 Å². The molecule has 21 heavy (non-hydrogen) atoms. The zero-order valence-electron chi connectivity index (χ0n) is 12.4. The monoisotopic (exact) mass is 289 g/mol. The first-order valence-corrected chi connectivity index (χ1v) is 7.95. The molecule has 4 nitrogen and oxygen atoms in total. The molecule has 1 aromatic rings. The van der Waals surface area contributed by atoms with Crippen molar-refractivity contribution in [2.45, 2.75) is 38.6 Å². The Hall–Kier alpha value is -1.71. The highest BCUT2D eigenvalue weighted by atomic mass is 16.6. The smallest absolute Gasteiger partial charge is 0.410 e. The van der Waals surface area contributed by atoms with E-state index in [1.807, 2.05) is 24.3 Å². The van der Waals surface area contributed by atoms with E-state index in [0.29, 0.717) is 19.7 Å². The second-order valence-corrected chi connectivity index (χ2v) is 5.99. The van der Waals surface area contributed by atoms with Crippen molar-refractivity contribution in [3.8, 4) is 5.75 Å². The van der Waals surface area contributed by atoms with Crippen LogP contribution in [0.3, 0.4) is 0 Å². The van der Waals surface area contributed by atoms with Crippen molar-refractivity contribution in [2.75, 3.05) is 19.8 Å². The third kappa shape index (κ3) is 3.90. The average molecular weight is 289 g/mol. The van der Waals surface area contributed by atoms with Crippen molar-refractivity contribution in [3.63, 3.8) is 0 Å². The number of hydrogen-bond donors (Lipinski definition) is 0. The minimum absolute atomic E-state index is 0.215. The Morgan fingerprint density at radius 2 is 1.90 bits per heavy atom. The largest absolute Gasteiger partial charge is 0.493 e. The fourth-order valence-electron chi connectivity index (χ4n) is 3.05. The van der Waals surface area contributed by atoms with E-state index < -0.39 is 0 Å². The molecule has 1 saturated heterocycles. The summed E-state index contributed by atoms with van der Waals surface area (Å²) in [6.45, 7) is 2.62. The topological polar surface area (TPSA) is 38.8 Å². The number of rotatable bonds is 5. The van der Waals surface area contributed by atoms with E-state index in [2.05, 4.69) is 0 Å². The van der Waals surface area contributed by atoms with Crippen LogP contribution in [0.15, 0.2) is 24.3 Å². The molecule has 2 aliphatic rings. The third-order valence-electron chi connectivity index (χ3n) is 4.35. The predicted octanol–water partition coefficient (Wildman–Crippen LogP) is 3.60. The van der Waals surface area contributed by atoms with Crippen LogP contribution in [-0.2, 0) is 11.3 Å². The van der Waals surface area contributed by atoms with E-state index in [-0.39, 0.29) is 6.09 Å². The van der Waals surface area contributed by atoms with Gasteiger partial charge in [-0.05, 0) is 36.5 Å². The van der Waals surface area contributed by atoms with Crippen molar-refractivity contribution in [1.82, 2.24) is 4.90 Å². The summed E-state index contributed by atoms with van der Waals surface area (Å²) >= 11 is 0. The van der Waals surface area contributed by atoms with E-state index in [4.69, 9.17) is 9.47 Å². The van der Waals surface area contributed by atoms with E-state index >= 15 is 0 Å². The molecule has 1 heterocycles. The van der Waals surface area contributed by atoms with Gasteiger partial charge in [-0.3, -0.25) is 0 Å². The van der Waals surface area contributed by atoms with Gasteiger partial charge in [0.05, 0.1) is 13.2 Å². The maximum Gasteiger partial charge on any atom is 0.410 e. The van der Waals surface area contributed by atoms with Gasteiger partial charge in [0.25, 0.3) is 0 Å². The molecule has 4 heteroatoms. The number of hydrogen-bond acceptors (Lipinski definition) is 3. The lowest BCUT2D eigenvalue weighted by molar-refractivity contribution is 0.157. The minimum atomic E-state index is -0.215. The number of cyclic esters (lactones) is 1. The van der Waals surface area contributed by atoms with Gasteiger partial charge in [-0.2, -0.15) is 0 Å². The maximum absolute atomic E-state index is 11.4. The molecular weight excluding hydrogens is 266 g/mol. The zero-order chi connectivity index (χ0) is 14.5. The first kappa shape index (κ1) is 14.2. The number of benzene rings is 1. The van der Waals surface area contributed by atoms with E-state index in [0.717, 1.165) is 23.8 Å². The quantitative estimate of drug-likeness (QED) is 0.831. The Balaban J connectivity index is 1.48. The van der Waals surface area contributed by atoms with Gasteiger partial charge in [0, 0.05) is 6.54 Å². The molecule has 0 N–H and O–H groups in total. The SMILES string of the molecule is O=C1OCCN1Cc1ccc(OCC2CCCCC2)cc1. The number of carbonyl (C=O) groups excluding carboxylic acids is 1. The second-order valence-electron chi connectivity index (χ2n) is 5.99. The van der Waals surface area contributed by atoms with Crippen LogP contribution in [0, 0.1) is 5.92 Å². The molecule has 3 rings (SSSR count). The number of amides is 1. The van der Waals surface area contributed by atoms with Crippen LogP contribution in [0.4, 0.5) is 4.79 Å². The second kappa shape index (κ2) is 6.83. The Bertz CT molecular complexity index is 465. The summed E-state index contributed by atoms with van der Waals surface area (Å²) in [7, 11) is 0. The maximum atomic E-state index is 11.4. The molecule has 0 aromatic heterocycles. The fraction of sp³-hybridized carbons (Fsp3) is 0.588. The van der Waals surface area contributed by atoms with Gasteiger partial charge < -0.3 is 14.4 Å². The molecule has 0 bridgehead atoms. The Morgan fingerprint density at radius 1 is 1.14 bits per heavy atom. The van der Waals surface area contributed by atoms with Gasteiger partial charge in [0.1, 0.15) is 12.4 Å². The van der Waals surface area contributed by atoms with Crippen LogP contribution in [0.25, 0.3) is 0 Å². The van der Waals surface area contributed by atoms with Gasteiger partial charge >= 0.3 is 6.09 Å². The zero-order valence-corrected chi connectivity index (χ0v) is 12.4. The molecule has 2 fully saturated rings. The van der Waals surface area contributed by atoms with Crippen LogP contribution < -0.4 is 4.74 Å². The molecular formula is C17H23NO3. The standard InChI is InChI=1S/C17H23NO3/c19-17-18(10-11-20-17)12-14-6-8-16(9-7-14)21-13-15-4-2-1-3-5-15/h6-9,15H,1-5,10-13H2. The van der Waals surface area contributed by atoms with E-state index in [9.17, 15) is 4.79 Å². The molecule has 1 amide bonds. The van der Waals surface area contributed by atoms with Crippen molar-refractivity contribution < 1.29 is 14.3 Å². The lowest BCUT2D eigenvalue weighted by Gasteiger charge is -2.21. The van der Waals surface area contributed by atoms with Gasteiger partial charge in [0.2, 0.25) is 0 Å². The molecule has 1 aromatic carbocycles. The highest BCUT2D eigenvalue weighted by Crippen LogP contribution is 2.24. The highest BCUT2D eigenvalue weighted by molar-refractivity contribution is 5.69. The molecule has 0 atom stereocenters. The molecule has 0 spiro atoms. The first-order valence-electron chi connectivity index (χ1n) is 7.95. The summed E-state index contributed by atoms with van der Waals surface area (Å²) in [6, 6.07) is 8.06. The summed E-state index contributed by atoms with van der Waals surface area (Å²) in [5.41, 5.74) is 1.11. The molecule has 0 radical (unpaired) electrons. The van der Waals surface area contributed by atoms with Gasteiger partial charge in [0.15, 0.2) is 0 Å². The lowest BCUT2D eigenvalue weighted by Crippen LogP contribution is -2.23. The first-order chi connectivity index (χ1) is 10.3. The Kier molecular flexibility index (Phi) is 4.63. The third-order valence-corrected chi connectivity index (χ3v) is 4.35. The van der Waals surface area contributed by atoms with Crippen molar-refractivity contribution in [1.29, 1.82) is 0 Å². The summed E-state index contributed by atoms with van der Waals surface area (Å²) in [5, 5.41) is 0. The van der Waals surface area contributed by atoms with Gasteiger partial charge in [-0.15, -0.1) is 0 Å². The van der Waals surface area contributed by atoms with Crippen LogP contribution >= 0.6 is 0 Å². The summed E-state index contributed by atoms with van der Waals surface area (Å²) in [4.78, 5) is 13.1. The molecule has 1 saturated carbocycles. The average Bonchev–Trinajstić information content (AvgIpc) is 2.93. The molecule has 1 aliphatic carbocycles. The number of carbonyl (C=O) groups is 1. The number of nitrogens with zero attached hydrogens (tertiary/aromatic N) is 1. The predicted molar refractivity (Wildman–Crippen MR) is 80.3 cm³/mol. The summed E-state index contributed by atoms with van der Waals surface area (Å²) < 4.78 is 10.8. The van der Waals surface area contributed by atoms with Crippen LogP contribution in [0.2, 0.25) is 0 Å². The normalized spacial score (nSPS) is 19.6. The van der Waals surface area contributed by atoms with Gasteiger partial charge in [-0.1, -0.05) is 31.4 Å². The molecule has 114 valence electrons. The van der Waals surface area contributed by atoms with Crippen LogP contribution in [-0.4, -0.2) is 30.8 Å². The highest BCUT2D eigenvalue weighted by Gasteiger charge is 2.21. The Labute approximate surface area is 126 Å². The summed E-state index contributed by atoms with van der Waals surface area (Å²) in [5.74, 6) is 1.64. The van der Waals surface area contributed by atoms with E-state index in [1.54, 1.807) is 4.90 Å². The lowest BCUT2D eigenvalue weighted by atomic mass is 9.90. The molecule has 0 unspecified atom stereocenters. The molecule has 1 aliphatic heterocycles. The van der Waals surface area contributed by atoms with Crippen molar-refractivity contribution in [2.24, 2.45) is 5.92 Å².